The van der Waals surface area contributed by atoms with Crippen molar-refractivity contribution in [1.29, 1.82) is 0 Å². The average molecular weight is 492 g/mol. The molecule has 1 atom stereocenters. The quantitative estimate of drug-likeness (QED) is 0.297. The zero-order valence-electron chi connectivity index (χ0n) is 20.3. The van der Waals surface area contributed by atoms with Crippen molar-refractivity contribution in [2.45, 2.75) is 45.8 Å². The second kappa shape index (κ2) is 9.41. The third kappa shape index (κ3) is 4.91. The molecule has 4 rings (SSSR count). The van der Waals surface area contributed by atoms with Gasteiger partial charge >= 0.3 is 5.97 Å². The summed E-state index contributed by atoms with van der Waals surface area (Å²) < 4.78 is 19.2. The van der Waals surface area contributed by atoms with Crippen molar-refractivity contribution < 1.29 is 19.0 Å². The van der Waals surface area contributed by atoms with E-state index >= 15 is 0 Å². The van der Waals surface area contributed by atoms with Crippen molar-refractivity contribution in [1.82, 2.24) is 4.98 Å². The van der Waals surface area contributed by atoms with Crippen molar-refractivity contribution in [3.8, 4) is 5.75 Å². The minimum absolute atomic E-state index is 0.0272. The Bertz CT molecular complexity index is 1520. The lowest BCUT2D eigenvalue weighted by atomic mass is 9.91. The van der Waals surface area contributed by atoms with Crippen LogP contribution in [0.2, 0.25) is 0 Å². The number of carboxylic acid groups (broad SMARTS) is 1. The summed E-state index contributed by atoms with van der Waals surface area (Å²) in [5, 5.41) is 17.3. The summed E-state index contributed by atoms with van der Waals surface area (Å²) in [6, 6.07) is 13.4. The number of anilines is 3. The summed E-state index contributed by atoms with van der Waals surface area (Å²) in [5.41, 5.74) is -1.13. The van der Waals surface area contributed by atoms with Crippen LogP contribution in [0.3, 0.4) is 0 Å². The van der Waals surface area contributed by atoms with Gasteiger partial charge in [0.25, 0.3) is 10.9 Å². The van der Waals surface area contributed by atoms with Crippen LogP contribution in [0.25, 0.3) is 10.8 Å². The van der Waals surface area contributed by atoms with Gasteiger partial charge in [-0.2, -0.15) is 0 Å². The molecule has 0 aliphatic carbocycles. The van der Waals surface area contributed by atoms with Gasteiger partial charge in [-0.3, -0.25) is 9.59 Å². The highest BCUT2D eigenvalue weighted by Crippen LogP contribution is 2.29. The Labute approximate surface area is 206 Å². The second-order valence-corrected chi connectivity index (χ2v) is 9.27. The van der Waals surface area contributed by atoms with Crippen LogP contribution >= 0.6 is 0 Å². The molecule has 8 nitrogen and oxygen atoms in total. The van der Waals surface area contributed by atoms with E-state index in [1.54, 1.807) is 44.2 Å². The molecule has 0 aliphatic rings. The number of hydrogen-bond acceptors (Lipinski definition) is 7. The highest BCUT2D eigenvalue weighted by molar-refractivity contribution is 5.93. The Kier molecular flexibility index (Phi) is 6.49. The summed E-state index contributed by atoms with van der Waals surface area (Å²) in [4.78, 5) is 40.6. The molecule has 1 aromatic heterocycles. The molecular formula is C27H26FN3O5. The van der Waals surface area contributed by atoms with Gasteiger partial charge in [0.1, 0.15) is 22.9 Å². The topological polar surface area (TPSA) is 118 Å². The van der Waals surface area contributed by atoms with Gasteiger partial charge < -0.3 is 20.5 Å². The van der Waals surface area contributed by atoms with E-state index in [9.17, 15) is 23.9 Å². The van der Waals surface area contributed by atoms with Gasteiger partial charge in [-0.1, -0.05) is 18.2 Å². The number of nitrogens with one attached hydrogen (secondary N) is 2. The predicted molar refractivity (Wildman–Crippen MR) is 137 cm³/mol. The maximum atomic E-state index is 13.8. The number of benzene rings is 2. The lowest BCUT2D eigenvalue weighted by Gasteiger charge is -2.29. The number of nitrogens with zero attached hydrogens (tertiary/aromatic N) is 1. The molecule has 4 aromatic rings. The molecule has 3 N–H and O–H groups in total. The largest absolute Gasteiger partial charge is 0.485 e. The molecular weight excluding hydrogens is 465 g/mol. The molecule has 0 aliphatic heterocycles. The van der Waals surface area contributed by atoms with E-state index in [1.165, 1.54) is 19.1 Å². The fraction of sp³-hybridized carbons (Fsp3) is 0.259. The molecule has 186 valence electrons. The van der Waals surface area contributed by atoms with Gasteiger partial charge in [0.15, 0.2) is 5.75 Å². The zero-order valence-corrected chi connectivity index (χ0v) is 20.3. The molecule has 0 saturated carbocycles. The Morgan fingerprint density at radius 1 is 1.11 bits per heavy atom. The molecule has 0 bridgehead atoms. The van der Waals surface area contributed by atoms with E-state index in [1.807, 2.05) is 13.0 Å². The van der Waals surface area contributed by atoms with Crippen molar-refractivity contribution in [3.63, 3.8) is 0 Å². The van der Waals surface area contributed by atoms with Crippen molar-refractivity contribution >= 4 is 33.9 Å². The van der Waals surface area contributed by atoms with Crippen LogP contribution < -0.4 is 26.2 Å². The molecule has 0 fully saturated rings. The van der Waals surface area contributed by atoms with Crippen LogP contribution in [0, 0.1) is 12.7 Å². The van der Waals surface area contributed by atoms with E-state index in [0.29, 0.717) is 22.5 Å². The number of aryl methyl sites for hydroxylation is 1. The first-order valence-electron chi connectivity index (χ1n) is 11.4. The molecule has 3 aromatic carbocycles. The number of rotatable bonds is 9. The SMILES string of the molecule is Cc1cc2ccc(F)cc2c(Nc2ccc(C[C@](C)(Nc3c(OC(C)C)c(=O)c3=O)C(=O)O)cc2)n1. The Morgan fingerprint density at radius 2 is 1.81 bits per heavy atom. The normalized spacial score (nSPS) is 13.1. The third-order valence-electron chi connectivity index (χ3n) is 5.79. The zero-order chi connectivity index (χ0) is 26.2. The Balaban J connectivity index is 1.56. The standard InChI is InChI=1S/C27H26FN3O5/c1-14(2)36-24-21(22(32)23(24)33)31-27(4,26(34)35)13-16-5-9-19(10-6-16)30-25-20-12-18(28)8-7-17(20)11-15(3)29-25/h5-12,14,31H,13H2,1-4H3,(H,29,30)(H,34,35)/t27-/m0/s1. The first-order valence-corrected chi connectivity index (χ1v) is 11.4. The minimum Gasteiger partial charge on any atom is -0.485 e. The van der Waals surface area contributed by atoms with Crippen LogP contribution in [0.1, 0.15) is 32.0 Å². The van der Waals surface area contributed by atoms with E-state index in [4.69, 9.17) is 4.74 Å². The number of aliphatic carboxylic acids is 1. The summed E-state index contributed by atoms with van der Waals surface area (Å²) in [6.45, 7) is 6.70. The van der Waals surface area contributed by atoms with Crippen LogP contribution in [-0.4, -0.2) is 27.7 Å². The van der Waals surface area contributed by atoms with Crippen molar-refractivity contribution in [2.24, 2.45) is 0 Å². The van der Waals surface area contributed by atoms with E-state index in [-0.39, 0.29) is 29.8 Å². The lowest BCUT2D eigenvalue weighted by molar-refractivity contribution is -0.141. The number of halogens is 1. The van der Waals surface area contributed by atoms with Gasteiger partial charge in [0.05, 0.1) is 6.10 Å². The lowest BCUT2D eigenvalue weighted by Crippen LogP contribution is -2.50. The summed E-state index contributed by atoms with van der Waals surface area (Å²) in [5.74, 6) is -1.19. The maximum Gasteiger partial charge on any atom is 0.329 e. The third-order valence-corrected chi connectivity index (χ3v) is 5.79. The van der Waals surface area contributed by atoms with Crippen LogP contribution in [0.5, 0.6) is 5.75 Å². The second-order valence-electron chi connectivity index (χ2n) is 9.27. The first-order chi connectivity index (χ1) is 17.0. The van der Waals surface area contributed by atoms with Crippen LogP contribution in [-0.2, 0) is 11.2 Å². The first kappa shape index (κ1) is 24.8. The Morgan fingerprint density at radius 3 is 2.44 bits per heavy atom. The Hall–Kier alpha value is -4.27. The van der Waals surface area contributed by atoms with E-state index in [0.717, 1.165) is 11.1 Å². The highest BCUT2D eigenvalue weighted by Gasteiger charge is 2.37. The van der Waals surface area contributed by atoms with Gasteiger partial charge in [0.2, 0.25) is 0 Å². The monoisotopic (exact) mass is 491 g/mol. The minimum atomic E-state index is -1.57. The van der Waals surface area contributed by atoms with Gasteiger partial charge in [-0.15, -0.1) is 0 Å². The molecule has 0 radical (unpaired) electrons. The highest BCUT2D eigenvalue weighted by atomic mass is 19.1. The smallest absolute Gasteiger partial charge is 0.329 e. The molecule has 0 unspecified atom stereocenters. The molecule has 0 amide bonds. The average Bonchev–Trinajstić information content (AvgIpc) is 2.82. The molecule has 1 heterocycles. The summed E-state index contributed by atoms with van der Waals surface area (Å²) in [6.07, 6.45) is -0.319. The van der Waals surface area contributed by atoms with Gasteiger partial charge in [-0.05, 0) is 69.0 Å². The van der Waals surface area contributed by atoms with E-state index < -0.39 is 22.4 Å². The fourth-order valence-corrected chi connectivity index (χ4v) is 3.98. The summed E-state index contributed by atoms with van der Waals surface area (Å²) in [7, 11) is 0. The molecule has 9 heteroatoms. The number of hydrogen-bond donors (Lipinski definition) is 3. The van der Waals surface area contributed by atoms with Crippen LogP contribution in [0.15, 0.2) is 58.1 Å². The number of ether oxygens (including phenoxy) is 1. The number of carbonyl (C=O) groups is 1. The van der Waals surface area contributed by atoms with Crippen LogP contribution in [0.4, 0.5) is 21.6 Å². The van der Waals surface area contributed by atoms with Crippen molar-refractivity contribution in [2.75, 3.05) is 10.6 Å². The number of pyridine rings is 1. The van der Waals surface area contributed by atoms with Crippen molar-refractivity contribution in [3.05, 3.63) is 86.1 Å². The maximum absolute atomic E-state index is 13.8. The fourth-order valence-electron chi connectivity index (χ4n) is 3.98. The molecule has 0 spiro atoms. The molecule has 0 saturated heterocycles. The van der Waals surface area contributed by atoms with Gasteiger partial charge in [-0.25, -0.2) is 14.2 Å². The molecule has 36 heavy (non-hydrogen) atoms. The number of aromatic nitrogens is 1. The number of fused-ring (bicyclic) bond motifs is 1. The van der Waals surface area contributed by atoms with Gasteiger partial charge in [0, 0.05) is 23.2 Å². The predicted octanol–water partition coefficient (Wildman–Crippen LogP) is 4.31. The van der Waals surface area contributed by atoms with E-state index in [2.05, 4.69) is 15.6 Å². The number of carboxylic acids is 1. The summed E-state index contributed by atoms with van der Waals surface area (Å²) >= 11 is 0.